The molecule has 2 saturated carbocycles. The standard InChI is InChI=1S/C18H21N7O3/c26-13-3-1-2-11(13)21-14-7-15(20-10-4-5-10)25-16(23-14)9(8-19-25)6-12-17(27)24-18(28)22-12/h6-8,10-11,13,21,26-27H,1-5H2,(H2,22,24,28)/t11-,13?/m0/s1. The summed E-state index contributed by atoms with van der Waals surface area (Å²) in [5, 5.41) is 28.3. The number of aromatic nitrogens is 5. The molecule has 10 nitrogen and oxygen atoms in total. The van der Waals surface area contributed by atoms with E-state index in [9.17, 15) is 15.0 Å². The topological polar surface area (TPSA) is 144 Å². The molecule has 0 radical (unpaired) electrons. The van der Waals surface area contributed by atoms with E-state index in [1.165, 1.54) is 0 Å². The maximum Gasteiger partial charge on any atom is 0.326 e. The molecule has 0 aliphatic heterocycles. The van der Waals surface area contributed by atoms with Gasteiger partial charge in [-0.3, -0.25) is 9.98 Å². The van der Waals surface area contributed by atoms with Crippen molar-refractivity contribution in [2.75, 3.05) is 5.32 Å². The van der Waals surface area contributed by atoms with Crippen LogP contribution in [0, 0.1) is 0 Å². The van der Waals surface area contributed by atoms with E-state index < -0.39 is 5.69 Å². The van der Waals surface area contributed by atoms with Crippen LogP contribution in [0.3, 0.4) is 0 Å². The monoisotopic (exact) mass is 383 g/mol. The fraction of sp³-hybridized carbons (Fsp3) is 0.444. The van der Waals surface area contributed by atoms with Gasteiger partial charge in [0.15, 0.2) is 11.1 Å². The Balaban J connectivity index is 1.65. The Morgan fingerprint density at radius 1 is 1.29 bits per heavy atom. The number of hydrogen-bond donors (Lipinski definition) is 5. The minimum absolute atomic E-state index is 0.0378. The summed E-state index contributed by atoms with van der Waals surface area (Å²) >= 11 is 0. The van der Waals surface area contributed by atoms with Gasteiger partial charge in [-0.15, -0.1) is 0 Å². The predicted molar refractivity (Wildman–Crippen MR) is 101 cm³/mol. The van der Waals surface area contributed by atoms with E-state index in [4.69, 9.17) is 4.99 Å². The van der Waals surface area contributed by atoms with Gasteiger partial charge in [0.05, 0.1) is 24.4 Å². The molecule has 0 spiro atoms. The van der Waals surface area contributed by atoms with Crippen LogP contribution in [0.1, 0.15) is 37.8 Å². The largest absolute Gasteiger partial charge is 0.493 e. The van der Waals surface area contributed by atoms with Crippen LogP contribution < -0.4 is 21.7 Å². The van der Waals surface area contributed by atoms with E-state index in [1.807, 2.05) is 6.07 Å². The molecule has 2 fully saturated rings. The van der Waals surface area contributed by atoms with E-state index >= 15 is 0 Å². The second-order valence-corrected chi connectivity index (χ2v) is 7.43. The van der Waals surface area contributed by atoms with Gasteiger partial charge in [-0.1, -0.05) is 0 Å². The molecule has 1 unspecified atom stereocenters. The van der Waals surface area contributed by atoms with Crippen molar-refractivity contribution in [3.8, 4) is 5.88 Å². The molecule has 146 valence electrons. The molecule has 2 aliphatic rings. The SMILES string of the molecule is O=c1[nH]c(O)c(C=c2cnn3c(=NC4CC4)cc(N[C@H]4CCCC4O)nc23)[nH]1. The fourth-order valence-corrected chi connectivity index (χ4v) is 3.57. The van der Waals surface area contributed by atoms with Crippen LogP contribution >= 0.6 is 0 Å². The maximum absolute atomic E-state index is 11.4. The minimum Gasteiger partial charge on any atom is -0.493 e. The highest BCUT2D eigenvalue weighted by atomic mass is 16.3. The molecule has 28 heavy (non-hydrogen) atoms. The summed E-state index contributed by atoms with van der Waals surface area (Å²) in [7, 11) is 0. The average Bonchev–Trinajstić information content (AvgIpc) is 3.10. The molecule has 3 heterocycles. The highest BCUT2D eigenvalue weighted by Gasteiger charge is 2.26. The number of aliphatic hydroxyl groups excluding tert-OH is 1. The third-order valence-electron chi connectivity index (χ3n) is 5.19. The Morgan fingerprint density at radius 3 is 2.82 bits per heavy atom. The average molecular weight is 383 g/mol. The van der Waals surface area contributed by atoms with E-state index in [-0.39, 0.29) is 23.7 Å². The molecule has 2 atom stereocenters. The number of nitrogens with one attached hydrogen (secondary N) is 3. The number of imidazole rings is 1. The molecular weight excluding hydrogens is 362 g/mol. The number of aliphatic hydroxyl groups is 1. The zero-order valence-electron chi connectivity index (χ0n) is 15.1. The Morgan fingerprint density at radius 2 is 2.14 bits per heavy atom. The maximum atomic E-state index is 11.4. The van der Waals surface area contributed by atoms with Gasteiger partial charge in [-0.05, 0) is 38.2 Å². The highest BCUT2D eigenvalue weighted by molar-refractivity contribution is 5.58. The molecule has 3 aromatic rings. The van der Waals surface area contributed by atoms with Crippen molar-refractivity contribution >= 4 is 17.5 Å². The molecule has 10 heteroatoms. The lowest BCUT2D eigenvalue weighted by molar-refractivity contribution is 0.171. The normalized spacial score (nSPS) is 23.8. The number of aromatic amines is 2. The molecular formula is C18H21N7O3. The molecule has 3 aromatic heterocycles. The Hall–Kier alpha value is -3.14. The molecule has 0 aromatic carbocycles. The number of anilines is 1. The lowest BCUT2D eigenvalue weighted by Crippen LogP contribution is -2.30. The van der Waals surface area contributed by atoms with Crippen molar-refractivity contribution in [2.24, 2.45) is 4.99 Å². The summed E-state index contributed by atoms with van der Waals surface area (Å²) in [6.45, 7) is 0. The number of aromatic hydroxyl groups is 1. The van der Waals surface area contributed by atoms with Crippen LogP contribution in [0.2, 0.25) is 0 Å². The quantitative estimate of drug-likeness (QED) is 0.406. The summed E-state index contributed by atoms with van der Waals surface area (Å²) in [5.41, 5.74) is 1.01. The zero-order valence-corrected chi connectivity index (χ0v) is 15.1. The Bertz CT molecular complexity index is 1200. The van der Waals surface area contributed by atoms with Gasteiger partial charge in [-0.25, -0.2) is 9.78 Å². The van der Waals surface area contributed by atoms with Crippen LogP contribution in [-0.4, -0.2) is 53.0 Å². The van der Waals surface area contributed by atoms with Gasteiger partial charge >= 0.3 is 5.69 Å². The lowest BCUT2D eigenvalue weighted by Gasteiger charge is -2.17. The lowest BCUT2D eigenvalue weighted by atomic mass is 10.2. The summed E-state index contributed by atoms with van der Waals surface area (Å²) in [6.07, 6.45) is 7.61. The first-order chi connectivity index (χ1) is 13.6. The second kappa shape index (κ2) is 6.48. The van der Waals surface area contributed by atoms with Crippen LogP contribution in [0.25, 0.3) is 11.7 Å². The number of fused-ring (bicyclic) bond motifs is 1. The van der Waals surface area contributed by atoms with E-state index in [0.29, 0.717) is 28.2 Å². The first-order valence-corrected chi connectivity index (χ1v) is 9.47. The minimum atomic E-state index is -0.491. The Kier molecular flexibility index (Phi) is 3.93. The first kappa shape index (κ1) is 17.0. The molecule has 0 bridgehead atoms. The van der Waals surface area contributed by atoms with Gasteiger partial charge in [-0.2, -0.15) is 9.61 Å². The molecule has 0 saturated heterocycles. The van der Waals surface area contributed by atoms with Gasteiger partial charge in [0.25, 0.3) is 0 Å². The van der Waals surface area contributed by atoms with Gasteiger partial charge in [0.1, 0.15) is 11.5 Å². The fourth-order valence-electron chi connectivity index (χ4n) is 3.57. The first-order valence-electron chi connectivity index (χ1n) is 9.47. The van der Waals surface area contributed by atoms with Crippen molar-refractivity contribution in [2.45, 2.75) is 50.3 Å². The zero-order chi connectivity index (χ0) is 19.3. The van der Waals surface area contributed by atoms with E-state index in [2.05, 4.69) is 25.4 Å². The molecule has 5 rings (SSSR count). The smallest absolute Gasteiger partial charge is 0.326 e. The highest BCUT2D eigenvalue weighted by Crippen LogP contribution is 2.23. The third-order valence-corrected chi connectivity index (χ3v) is 5.19. The number of rotatable bonds is 4. The van der Waals surface area contributed by atoms with E-state index in [0.717, 1.165) is 32.1 Å². The van der Waals surface area contributed by atoms with Crippen LogP contribution in [0.4, 0.5) is 5.82 Å². The number of H-pyrrole nitrogens is 2. The third kappa shape index (κ3) is 3.15. The van der Waals surface area contributed by atoms with Crippen LogP contribution in [0.5, 0.6) is 5.88 Å². The van der Waals surface area contributed by atoms with Crippen LogP contribution in [-0.2, 0) is 0 Å². The van der Waals surface area contributed by atoms with Crippen molar-refractivity contribution < 1.29 is 10.2 Å². The molecule has 2 aliphatic carbocycles. The molecule has 0 amide bonds. The van der Waals surface area contributed by atoms with E-state index in [1.54, 1.807) is 16.8 Å². The van der Waals surface area contributed by atoms with Crippen molar-refractivity contribution in [3.05, 3.63) is 39.1 Å². The summed E-state index contributed by atoms with van der Waals surface area (Å²) < 4.78 is 1.65. The molecule has 5 N–H and O–H groups in total. The number of nitrogens with zero attached hydrogens (tertiary/aromatic N) is 4. The summed E-state index contributed by atoms with van der Waals surface area (Å²) in [4.78, 5) is 25.6. The Labute approximate surface area is 158 Å². The summed E-state index contributed by atoms with van der Waals surface area (Å²) in [5.74, 6) is 0.385. The van der Waals surface area contributed by atoms with Crippen molar-refractivity contribution in [1.82, 2.24) is 24.6 Å². The number of hydrogen-bond acceptors (Lipinski definition) is 7. The van der Waals surface area contributed by atoms with Gasteiger partial charge in [0.2, 0.25) is 5.88 Å². The van der Waals surface area contributed by atoms with Gasteiger partial charge in [0, 0.05) is 11.3 Å². The summed E-state index contributed by atoms with van der Waals surface area (Å²) in [6, 6.07) is 2.12. The van der Waals surface area contributed by atoms with Gasteiger partial charge < -0.3 is 20.5 Å². The predicted octanol–water partition coefficient (Wildman–Crippen LogP) is -0.613. The van der Waals surface area contributed by atoms with Crippen molar-refractivity contribution in [3.63, 3.8) is 0 Å². The van der Waals surface area contributed by atoms with Crippen LogP contribution in [0.15, 0.2) is 22.1 Å². The van der Waals surface area contributed by atoms with Crippen molar-refractivity contribution in [1.29, 1.82) is 0 Å². The second-order valence-electron chi connectivity index (χ2n) is 7.43.